The van der Waals surface area contributed by atoms with Crippen molar-refractivity contribution >= 4 is 29.1 Å². The highest BCUT2D eigenvalue weighted by Crippen LogP contribution is 2.31. The number of carboxylic acids is 1. The van der Waals surface area contributed by atoms with E-state index in [4.69, 9.17) is 16.7 Å². The molecule has 0 spiro atoms. The summed E-state index contributed by atoms with van der Waals surface area (Å²) in [5.41, 5.74) is 0.738. The Labute approximate surface area is 108 Å². The van der Waals surface area contributed by atoms with Gasteiger partial charge in [0.15, 0.2) is 0 Å². The van der Waals surface area contributed by atoms with E-state index in [-0.39, 0.29) is 11.8 Å². The lowest BCUT2D eigenvalue weighted by atomic mass is 9.96. The number of carbonyl (C=O) groups is 1. The number of rotatable bonds is 5. The summed E-state index contributed by atoms with van der Waals surface area (Å²) < 4.78 is 4.34. The third kappa shape index (κ3) is 3.14. The number of hydrogen-bond donors (Lipinski definition) is 2. The second-order valence-electron chi connectivity index (χ2n) is 4.26. The molecule has 1 aromatic heterocycles. The molecular weight excluding hydrogens is 262 g/mol. The molecule has 0 amide bonds. The summed E-state index contributed by atoms with van der Waals surface area (Å²) in [5.74, 6) is -0.660. The van der Waals surface area contributed by atoms with Crippen LogP contribution < -0.4 is 5.32 Å². The number of aromatic nitrogens is 2. The third-order valence-electron chi connectivity index (χ3n) is 3.18. The molecular formula is C10H14ClN3O2S. The largest absolute Gasteiger partial charge is 0.481 e. The van der Waals surface area contributed by atoms with Gasteiger partial charge < -0.3 is 10.4 Å². The molecule has 1 heterocycles. The molecule has 1 fully saturated rings. The first-order valence-electron chi connectivity index (χ1n) is 5.58. The Kier molecular flexibility index (Phi) is 4.31. The average molecular weight is 276 g/mol. The van der Waals surface area contributed by atoms with Gasteiger partial charge in [0.1, 0.15) is 10.0 Å². The van der Waals surface area contributed by atoms with E-state index >= 15 is 0 Å². The summed E-state index contributed by atoms with van der Waals surface area (Å²) in [6.07, 6.45) is 2.77. The Morgan fingerprint density at radius 2 is 2.41 bits per heavy atom. The van der Waals surface area contributed by atoms with Crippen LogP contribution in [0.4, 0.5) is 0 Å². The molecule has 0 bridgehead atoms. The van der Waals surface area contributed by atoms with Crippen molar-refractivity contribution in [3.63, 3.8) is 0 Å². The van der Waals surface area contributed by atoms with E-state index < -0.39 is 5.97 Å². The maximum Gasteiger partial charge on any atom is 0.306 e. The topological polar surface area (TPSA) is 75.1 Å². The summed E-state index contributed by atoms with van der Waals surface area (Å²) in [6.45, 7) is 1.25. The zero-order chi connectivity index (χ0) is 12.3. The molecule has 1 saturated carbocycles. The molecule has 1 aliphatic carbocycles. The minimum atomic E-state index is -0.678. The Morgan fingerprint density at radius 3 is 3.06 bits per heavy atom. The minimum Gasteiger partial charge on any atom is -0.481 e. The SMILES string of the molecule is O=C(O)C1CCCC1CNCc1nnsc1Cl. The van der Waals surface area contributed by atoms with Crippen molar-refractivity contribution in [3.05, 3.63) is 10.0 Å². The van der Waals surface area contributed by atoms with Crippen LogP contribution in [0, 0.1) is 11.8 Å². The number of nitrogens with one attached hydrogen (secondary N) is 1. The highest BCUT2D eigenvalue weighted by atomic mass is 35.5. The fourth-order valence-electron chi connectivity index (χ4n) is 2.28. The van der Waals surface area contributed by atoms with Gasteiger partial charge in [-0.2, -0.15) is 0 Å². The van der Waals surface area contributed by atoms with E-state index in [0.717, 1.165) is 36.5 Å². The van der Waals surface area contributed by atoms with Crippen LogP contribution in [0.5, 0.6) is 0 Å². The third-order valence-corrected chi connectivity index (χ3v) is 4.17. The molecule has 2 atom stereocenters. The van der Waals surface area contributed by atoms with Crippen molar-refractivity contribution in [1.29, 1.82) is 0 Å². The molecule has 7 heteroatoms. The van der Waals surface area contributed by atoms with Crippen molar-refractivity contribution in [2.24, 2.45) is 11.8 Å². The quantitative estimate of drug-likeness (QED) is 0.857. The van der Waals surface area contributed by atoms with E-state index in [9.17, 15) is 4.79 Å². The predicted octanol–water partition coefficient (Wildman–Crippen LogP) is 1.78. The van der Waals surface area contributed by atoms with Gasteiger partial charge in [-0.15, -0.1) is 5.10 Å². The van der Waals surface area contributed by atoms with Crippen LogP contribution in [0.15, 0.2) is 0 Å². The number of carboxylic acid groups (broad SMARTS) is 1. The molecule has 94 valence electrons. The zero-order valence-corrected chi connectivity index (χ0v) is 10.8. The van der Waals surface area contributed by atoms with Gasteiger partial charge in [0, 0.05) is 18.1 Å². The van der Waals surface area contributed by atoms with Gasteiger partial charge in [-0.1, -0.05) is 22.5 Å². The number of hydrogen-bond acceptors (Lipinski definition) is 5. The Hall–Kier alpha value is -0.720. The number of halogens is 1. The van der Waals surface area contributed by atoms with Crippen molar-refractivity contribution < 1.29 is 9.90 Å². The van der Waals surface area contributed by atoms with E-state index in [1.165, 1.54) is 0 Å². The highest BCUT2D eigenvalue weighted by molar-refractivity contribution is 7.10. The first-order chi connectivity index (χ1) is 8.18. The van der Waals surface area contributed by atoms with Crippen LogP contribution in [-0.4, -0.2) is 27.2 Å². The number of aliphatic carboxylic acids is 1. The van der Waals surface area contributed by atoms with Crippen LogP contribution in [0.2, 0.25) is 4.34 Å². The van der Waals surface area contributed by atoms with E-state index in [0.29, 0.717) is 17.4 Å². The smallest absolute Gasteiger partial charge is 0.306 e. The normalized spacial score (nSPS) is 24.1. The van der Waals surface area contributed by atoms with Crippen LogP contribution >= 0.6 is 23.1 Å². The lowest BCUT2D eigenvalue weighted by Crippen LogP contribution is -2.28. The molecule has 1 aromatic rings. The van der Waals surface area contributed by atoms with E-state index in [1.54, 1.807) is 0 Å². The summed E-state index contributed by atoms with van der Waals surface area (Å²) in [5, 5.41) is 16.1. The first-order valence-corrected chi connectivity index (χ1v) is 6.74. The molecule has 17 heavy (non-hydrogen) atoms. The van der Waals surface area contributed by atoms with Gasteiger partial charge in [0.05, 0.1) is 5.92 Å². The van der Waals surface area contributed by atoms with Crippen LogP contribution in [0.3, 0.4) is 0 Å². The van der Waals surface area contributed by atoms with Crippen molar-refractivity contribution in [2.75, 3.05) is 6.54 Å². The fourth-order valence-corrected chi connectivity index (χ4v) is 2.91. The lowest BCUT2D eigenvalue weighted by molar-refractivity contribution is -0.142. The van der Waals surface area contributed by atoms with Gasteiger partial charge >= 0.3 is 5.97 Å². The maximum atomic E-state index is 11.0. The highest BCUT2D eigenvalue weighted by Gasteiger charge is 2.32. The second-order valence-corrected chi connectivity index (χ2v) is 5.62. The zero-order valence-electron chi connectivity index (χ0n) is 9.23. The van der Waals surface area contributed by atoms with Crippen molar-refractivity contribution in [2.45, 2.75) is 25.8 Å². The first kappa shape index (κ1) is 12.7. The summed E-state index contributed by atoms with van der Waals surface area (Å²) in [4.78, 5) is 11.0. The van der Waals surface area contributed by atoms with Gasteiger partial charge in [-0.05, 0) is 25.3 Å². The molecule has 0 radical (unpaired) electrons. The van der Waals surface area contributed by atoms with Crippen LogP contribution in [0.25, 0.3) is 0 Å². The summed E-state index contributed by atoms with van der Waals surface area (Å²) in [6, 6.07) is 0. The Balaban J connectivity index is 1.79. The molecule has 1 aliphatic rings. The van der Waals surface area contributed by atoms with Crippen molar-refractivity contribution in [3.8, 4) is 0 Å². The summed E-state index contributed by atoms with van der Waals surface area (Å²) in [7, 11) is 0. The molecule has 2 rings (SSSR count). The lowest BCUT2D eigenvalue weighted by Gasteiger charge is -2.15. The molecule has 2 N–H and O–H groups in total. The van der Waals surface area contributed by atoms with E-state index in [2.05, 4.69) is 14.9 Å². The van der Waals surface area contributed by atoms with Gasteiger partial charge in [-0.3, -0.25) is 4.79 Å². The van der Waals surface area contributed by atoms with Gasteiger partial charge in [-0.25, -0.2) is 0 Å². The Morgan fingerprint density at radius 1 is 1.59 bits per heavy atom. The molecule has 0 aromatic carbocycles. The van der Waals surface area contributed by atoms with Crippen LogP contribution in [-0.2, 0) is 11.3 Å². The Bertz CT molecular complexity index is 399. The van der Waals surface area contributed by atoms with Crippen molar-refractivity contribution in [1.82, 2.24) is 14.9 Å². The molecule has 0 aliphatic heterocycles. The fraction of sp³-hybridized carbons (Fsp3) is 0.700. The minimum absolute atomic E-state index is 0.202. The van der Waals surface area contributed by atoms with Gasteiger partial charge in [0.2, 0.25) is 0 Å². The van der Waals surface area contributed by atoms with Crippen LogP contribution in [0.1, 0.15) is 25.0 Å². The number of nitrogens with zero attached hydrogens (tertiary/aromatic N) is 2. The second kappa shape index (κ2) is 5.75. The molecule has 2 unspecified atom stereocenters. The molecule has 5 nitrogen and oxygen atoms in total. The maximum absolute atomic E-state index is 11.0. The van der Waals surface area contributed by atoms with E-state index in [1.807, 2.05) is 0 Å². The average Bonchev–Trinajstić information content (AvgIpc) is 2.88. The van der Waals surface area contributed by atoms with Gasteiger partial charge in [0.25, 0.3) is 0 Å². The predicted molar refractivity (Wildman–Crippen MR) is 65.1 cm³/mol. The monoisotopic (exact) mass is 275 g/mol. The molecule has 0 saturated heterocycles. The summed E-state index contributed by atoms with van der Waals surface area (Å²) >= 11 is 7.04. The standard InChI is InChI=1S/C10H14ClN3O2S/c11-9-8(13-14-17-9)5-12-4-6-2-1-3-7(6)10(15)16/h6-7,12H,1-5H2,(H,15,16).